The Balaban J connectivity index is 1.25. The molecule has 24 heavy (non-hydrogen) atoms. The number of hydrogen-bond acceptors (Lipinski definition) is 4. The van der Waals surface area contributed by atoms with E-state index in [-0.39, 0.29) is 0 Å². The second-order valence-electron chi connectivity index (χ2n) is 6.52. The van der Waals surface area contributed by atoms with E-state index < -0.39 is 0 Å². The van der Waals surface area contributed by atoms with Crippen molar-refractivity contribution in [2.45, 2.75) is 18.8 Å². The molecule has 2 aromatic carbocycles. The van der Waals surface area contributed by atoms with Crippen LogP contribution in [0.5, 0.6) is 11.5 Å². The summed E-state index contributed by atoms with van der Waals surface area (Å²) >= 11 is 0. The lowest BCUT2D eigenvalue weighted by Crippen LogP contribution is -2.36. The summed E-state index contributed by atoms with van der Waals surface area (Å²) in [5.74, 6) is 2.42. The van der Waals surface area contributed by atoms with E-state index in [1.54, 1.807) is 0 Å². The molecule has 2 heterocycles. The number of anilines is 1. The maximum atomic E-state index is 5.51. The second kappa shape index (κ2) is 7.14. The lowest BCUT2D eigenvalue weighted by molar-refractivity contribution is 0.174. The molecule has 0 aromatic heterocycles. The Hall–Kier alpha value is -2.20. The van der Waals surface area contributed by atoms with Gasteiger partial charge in [-0.1, -0.05) is 24.3 Å². The average Bonchev–Trinajstić information content (AvgIpc) is 3.11. The van der Waals surface area contributed by atoms with E-state index in [0.717, 1.165) is 37.7 Å². The molecule has 2 aliphatic rings. The molecule has 0 radical (unpaired) electrons. The topological polar surface area (TPSA) is 33.7 Å². The van der Waals surface area contributed by atoms with Crippen molar-refractivity contribution >= 4 is 5.69 Å². The van der Waals surface area contributed by atoms with Crippen LogP contribution in [0.2, 0.25) is 0 Å². The van der Waals surface area contributed by atoms with Crippen LogP contribution in [0.1, 0.15) is 24.3 Å². The fourth-order valence-electron chi connectivity index (χ4n) is 3.57. The van der Waals surface area contributed by atoms with E-state index in [4.69, 9.17) is 9.47 Å². The predicted molar refractivity (Wildman–Crippen MR) is 95.9 cm³/mol. The minimum absolute atomic E-state index is 0.353. The highest BCUT2D eigenvalue weighted by Crippen LogP contribution is 2.37. The van der Waals surface area contributed by atoms with E-state index in [1.807, 2.05) is 12.1 Å². The first-order valence-electron chi connectivity index (χ1n) is 8.79. The number of fused-ring (bicyclic) bond motifs is 1. The van der Waals surface area contributed by atoms with Gasteiger partial charge < -0.3 is 19.7 Å². The number of hydrogen-bond donors (Lipinski definition) is 1. The van der Waals surface area contributed by atoms with Gasteiger partial charge in [-0.05, 0) is 61.7 Å². The maximum Gasteiger partial charge on any atom is 0.231 e. The van der Waals surface area contributed by atoms with Crippen LogP contribution in [0.15, 0.2) is 48.5 Å². The molecule has 0 bridgehead atoms. The summed E-state index contributed by atoms with van der Waals surface area (Å²) in [5.41, 5.74) is 2.59. The van der Waals surface area contributed by atoms with Crippen LogP contribution >= 0.6 is 0 Å². The zero-order valence-electron chi connectivity index (χ0n) is 13.9. The Kier molecular flexibility index (Phi) is 4.56. The van der Waals surface area contributed by atoms with E-state index in [0.29, 0.717) is 12.7 Å². The molecule has 126 valence electrons. The number of nitrogens with zero attached hydrogens (tertiary/aromatic N) is 1. The molecule has 1 N–H and O–H groups in total. The maximum absolute atomic E-state index is 5.51. The molecule has 0 amide bonds. The number of para-hydroxylation sites is 1. The van der Waals surface area contributed by atoms with Gasteiger partial charge in [-0.15, -0.1) is 0 Å². The van der Waals surface area contributed by atoms with E-state index >= 15 is 0 Å². The highest BCUT2D eigenvalue weighted by Gasteiger charge is 2.22. The Morgan fingerprint density at radius 3 is 2.58 bits per heavy atom. The molecule has 4 nitrogen and oxygen atoms in total. The summed E-state index contributed by atoms with van der Waals surface area (Å²) in [6.07, 6.45) is 2.43. The van der Waals surface area contributed by atoms with Crippen molar-refractivity contribution in [1.82, 2.24) is 4.90 Å². The lowest BCUT2D eigenvalue weighted by Gasteiger charge is -2.32. The first kappa shape index (κ1) is 15.3. The third-order valence-corrected chi connectivity index (χ3v) is 4.99. The molecular weight excluding hydrogens is 300 g/mol. The number of rotatable bonds is 5. The molecule has 4 heteroatoms. The van der Waals surface area contributed by atoms with Gasteiger partial charge in [-0.2, -0.15) is 0 Å². The van der Waals surface area contributed by atoms with Crippen LogP contribution in [0.3, 0.4) is 0 Å². The predicted octanol–water partition coefficient (Wildman–Crippen LogP) is 3.71. The van der Waals surface area contributed by atoms with Crippen LogP contribution in [0, 0.1) is 0 Å². The van der Waals surface area contributed by atoms with Crippen molar-refractivity contribution in [1.29, 1.82) is 0 Å². The monoisotopic (exact) mass is 324 g/mol. The fourth-order valence-corrected chi connectivity index (χ4v) is 3.57. The minimum Gasteiger partial charge on any atom is -0.454 e. The van der Waals surface area contributed by atoms with Crippen molar-refractivity contribution in [2.75, 3.05) is 38.3 Å². The largest absolute Gasteiger partial charge is 0.454 e. The molecule has 1 saturated heterocycles. The van der Waals surface area contributed by atoms with Gasteiger partial charge in [0.2, 0.25) is 6.79 Å². The summed E-state index contributed by atoms with van der Waals surface area (Å²) in [5, 5.41) is 3.49. The zero-order chi connectivity index (χ0) is 16.2. The van der Waals surface area contributed by atoms with Crippen LogP contribution in [0.25, 0.3) is 0 Å². The summed E-state index contributed by atoms with van der Waals surface area (Å²) in [4.78, 5) is 2.55. The number of benzene rings is 2. The normalized spacial score (nSPS) is 17.8. The third kappa shape index (κ3) is 3.49. The van der Waals surface area contributed by atoms with Crippen LogP contribution in [-0.2, 0) is 0 Å². The van der Waals surface area contributed by atoms with Gasteiger partial charge in [-0.25, -0.2) is 0 Å². The highest BCUT2D eigenvalue weighted by atomic mass is 16.7. The third-order valence-electron chi connectivity index (χ3n) is 4.99. The number of likely N-dealkylation sites (tertiary alicyclic amines) is 1. The minimum atomic E-state index is 0.353. The molecule has 4 rings (SSSR count). The van der Waals surface area contributed by atoms with Gasteiger partial charge in [0.05, 0.1) is 0 Å². The summed E-state index contributed by atoms with van der Waals surface area (Å²) in [6, 6.07) is 16.8. The molecule has 2 aliphatic heterocycles. The second-order valence-corrected chi connectivity index (χ2v) is 6.52. The molecule has 0 saturated carbocycles. The first-order valence-corrected chi connectivity index (χ1v) is 8.79. The lowest BCUT2D eigenvalue weighted by atomic mass is 9.89. The Morgan fingerprint density at radius 1 is 0.958 bits per heavy atom. The molecular formula is C20H24N2O2. The van der Waals surface area contributed by atoms with Crippen molar-refractivity contribution in [3.05, 3.63) is 54.1 Å². The molecule has 0 aliphatic carbocycles. The van der Waals surface area contributed by atoms with E-state index in [1.165, 1.54) is 24.1 Å². The highest BCUT2D eigenvalue weighted by molar-refractivity contribution is 5.45. The Morgan fingerprint density at radius 2 is 1.75 bits per heavy atom. The van der Waals surface area contributed by atoms with Gasteiger partial charge in [-0.3, -0.25) is 0 Å². The van der Waals surface area contributed by atoms with Crippen LogP contribution in [0.4, 0.5) is 5.69 Å². The summed E-state index contributed by atoms with van der Waals surface area (Å²) in [7, 11) is 0. The summed E-state index contributed by atoms with van der Waals surface area (Å²) in [6.45, 7) is 4.78. The molecule has 0 spiro atoms. The Bertz CT molecular complexity index is 667. The van der Waals surface area contributed by atoms with Crippen molar-refractivity contribution in [3.63, 3.8) is 0 Å². The van der Waals surface area contributed by atoms with Crippen molar-refractivity contribution < 1.29 is 9.47 Å². The van der Waals surface area contributed by atoms with Gasteiger partial charge in [0.15, 0.2) is 11.5 Å². The van der Waals surface area contributed by atoms with Gasteiger partial charge in [0, 0.05) is 18.8 Å². The van der Waals surface area contributed by atoms with Gasteiger partial charge in [0.1, 0.15) is 0 Å². The standard InChI is InChI=1S/C20H24N2O2/c1-2-4-18(5-3-1)21-10-13-22-11-8-16(9-12-22)17-6-7-19-20(14-17)24-15-23-19/h1-7,14,16,21H,8-13,15H2. The molecule has 2 aromatic rings. The molecule has 0 atom stereocenters. The zero-order valence-corrected chi connectivity index (χ0v) is 13.9. The fraction of sp³-hybridized carbons (Fsp3) is 0.400. The number of nitrogens with one attached hydrogen (secondary N) is 1. The van der Waals surface area contributed by atoms with Crippen LogP contribution < -0.4 is 14.8 Å². The van der Waals surface area contributed by atoms with E-state index in [2.05, 4.69) is 46.6 Å². The smallest absolute Gasteiger partial charge is 0.231 e. The summed E-state index contributed by atoms with van der Waals surface area (Å²) < 4.78 is 10.9. The number of piperidine rings is 1. The van der Waals surface area contributed by atoms with E-state index in [9.17, 15) is 0 Å². The number of ether oxygens (including phenoxy) is 2. The van der Waals surface area contributed by atoms with Crippen molar-refractivity contribution in [2.24, 2.45) is 0 Å². The first-order chi connectivity index (χ1) is 11.9. The average molecular weight is 324 g/mol. The molecule has 0 unspecified atom stereocenters. The van der Waals surface area contributed by atoms with Gasteiger partial charge >= 0.3 is 0 Å². The van der Waals surface area contributed by atoms with Crippen molar-refractivity contribution in [3.8, 4) is 11.5 Å². The quantitative estimate of drug-likeness (QED) is 0.909. The van der Waals surface area contributed by atoms with Crippen LogP contribution in [-0.4, -0.2) is 37.9 Å². The van der Waals surface area contributed by atoms with Gasteiger partial charge in [0.25, 0.3) is 0 Å². The molecule has 1 fully saturated rings. The SMILES string of the molecule is c1ccc(NCCN2CCC(c3ccc4c(c3)OCO4)CC2)cc1. The Labute approximate surface area is 143 Å².